The maximum atomic E-state index is 13.6. The van der Waals surface area contributed by atoms with Crippen LogP contribution in [0.3, 0.4) is 0 Å². The first-order valence-electron chi connectivity index (χ1n) is 9.58. The number of imide groups is 1. The monoisotopic (exact) mass is 378 g/mol. The summed E-state index contributed by atoms with van der Waals surface area (Å²) in [6.45, 7) is 1.95. The molecule has 3 rings (SSSR count). The SMILES string of the molecule is CCC1CCC2(CC1)NC(=O)N(CC(O)COCc1ccccc1F)C2=O. The predicted octanol–water partition coefficient (Wildman–Crippen LogP) is 2.59. The summed E-state index contributed by atoms with van der Waals surface area (Å²) in [7, 11) is 0. The van der Waals surface area contributed by atoms with E-state index in [2.05, 4.69) is 12.2 Å². The Morgan fingerprint density at radius 3 is 2.70 bits per heavy atom. The van der Waals surface area contributed by atoms with Crippen LogP contribution in [0.1, 0.15) is 44.6 Å². The fourth-order valence-electron chi connectivity index (χ4n) is 3.94. The molecule has 1 aromatic carbocycles. The first kappa shape index (κ1) is 19.8. The van der Waals surface area contributed by atoms with Crippen molar-refractivity contribution in [3.8, 4) is 0 Å². The maximum absolute atomic E-state index is 13.6. The maximum Gasteiger partial charge on any atom is 0.325 e. The summed E-state index contributed by atoms with van der Waals surface area (Å²) in [4.78, 5) is 26.2. The van der Waals surface area contributed by atoms with Crippen LogP contribution in [-0.4, -0.2) is 46.7 Å². The molecule has 6 nitrogen and oxygen atoms in total. The Balaban J connectivity index is 1.50. The molecule has 2 N–H and O–H groups in total. The molecule has 2 aliphatic rings. The number of β-amino-alcohol motifs (C(OH)–C–C–N with tert-alkyl or cyclic N) is 1. The molecule has 2 fully saturated rings. The Morgan fingerprint density at radius 1 is 1.33 bits per heavy atom. The zero-order chi connectivity index (χ0) is 19.4. The largest absolute Gasteiger partial charge is 0.389 e. The third kappa shape index (κ3) is 4.30. The number of aliphatic hydroxyl groups is 1. The highest BCUT2D eigenvalue weighted by Crippen LogP contribution is 2.37. The second-order valence-corrected chi connectivity index (χ2v) is 7.54. The van der Waals surface area contributed by atoms with Crippen LogP contribution in [0.15, 0.2) is 24.3 Å². The summed E-state index contributed by atoms with van der Waals surface area (Å²) in [5.41, 5.74) is -0.414. The van der Waals surface area contributed by atoms with Crippen LogP contribution in [0.2, 0.25) is 0 Å². The van der Waals surface area contributed by atoms with Gasteiger partial charge in [0.15, 0.2) is 0 Å². The molecule has 7 heteroatoms. The van der Waals surface area contributed by atoms with E-state index in [1.807, 2.05) is 0 Å². The molecule has 1 saturated carbocycles. The number of benzene rings is 1. The topological polar surface area (TPSA) is 78.9 Å². The van der Waals surface area contributed by atoms with E-state index >= 15 is 0 Å². The summed E-state index contributed by atoms with van der Waals surface area (Å²) in [6.07, 6.45) is 3.20. The van der Waals surface area contributed by atoms with Crippen molar-refractivity contribution in [3.63, 3.8) is 0 Å². The number of aliphatic hydroxyl groups excluding tert-OH is 1. The highest BCUT2D eigenvalue weighted by Gasteiger charge is 2.52. The molecule has 1 spiro atoms. The van der Waals surface area contributed by atoms with E-state index in [0.717, 1.165) is 24.2 Å². The minimum atomic E-state index is -1.02. The molecule has 3 amide bonds. The number of hydrogen-bond acceptors (Lipinski definition) is 4. The van der Waals surface area contributed by atoms with Gasteiger partial charge in [0.1, 0.15) is 11.4 Å². The number of amides is 3. The number of ether oxygens (including phenoxy) is 1. The predicted molar refractivity (Wildman–Crippen MR) is 97.3 cm³/mol. The van der Waals surface area contributed by atoms with Crippen LogP contribution in [0.5, 0.6) is 0 Å². The second-order valence-electron chi connectivity index (χ2n) is 7.54. The summed E-state index contributed by atoms with van der Waals surface area (Å²) in [6, 6.07) is 5.79. The van der Waals surface area contributed by atoms with E-state index in [9.17, 15) is 19.1 Å². The van der Waals surface area contributed by atoms with Crippen molar-refractivity contribution in [3.05, 3.63) is 35.6 Å². The number of nitrogens with one attached hydrogen (secondary N) is 1. The van der Waals surface area contributed by atoms with E-state index in [0.29, 0.717) is 24.3 Å². The van der Waals surface area contributed by atoms with Gasteiger partial charge in [-0.25, -0.2) is 9.18 Å². The van der Waals surface area contributed by atoms with Crippen LogP contribution in [0, 0.1) is 11.7 Å². The van der Waals surface area contributed by atoms with Gasteiger partial charge >= 0.3 is 6.03 Å². The lowest BCUT2D eigenvalue weighted by atomic mass is 9.75. The van der Waals surface area contributed by atoms with Crippen molar-refractivity contribution >= 4 is 11.9 Å². The number of urea groups is 1. The number of hydrogen-bond donors (Lipinski definition) is 2. The lowest BCUT2D eigenvalue weighted by Crippen LogP contribution is -2.50. The molecule has 1 aromatic rings. The standard InChI is InChI=1S/C20H27FN2O4/c1-2-14-7-9-20(10-8-14)18(25)23(19(26)22-20)11-16(24)13-27-12-15-5-3-4-6-17(15)21/h3-6,14,16,24H,2,7-13H2,1H3,(H,22,26). The zero-order valence-electron chi connectivity index (χ0n) is 15.6. The Morgan fingerprint density at radius 2 is 2.04 bits per heavy atom. The summed E-state index contributed by atoms with van der Waals surface area (Å²) in [5.74, 6) is -0.0207. The van der Waals surface area contributed by atoms with Gasteiger partial charge in [-0.1, -0.05) is 31.5 Å². The van der Waals surface area contributed by atoms with Gasteiger partial charge in [-0.15, -0.1) is 0 Å². The fraction of sp³-hybridized carbons (Fsp3) is 0.600. The number of carbonyl (C=O) groups excluding carboxylic acids is 2. The zero-order valence-corrected chi connectivity index (χ0v) is 15.6. The highest BCUT2D eigenvalue weighted by atomic mass is 19.1. The summed E-state index contributed by atoms with van der Waals surface area (Å²) in [5, 5.41) is 13.0. The van der Waals surface area contributed by atoms with E-state index in [1.54, 1.807) is 18.2 Å². The van der Waals surface area contributed by atoms with Gasteiger partial charge in [-0.05, 0) is 37.7 Å². The van der Waals surface area contributed by atoms with Crippen LogP contribution in [0.4, 0.5) is 9.18 Å². The third-order valence-corrected chi connectivity index (χ3v) is 5.70. The van der Waals surface area contributed by atoms with Crippen LogP contribution in [-0.2, 0) is 16.1 Å². The van der Waals surface area contributed by atoms with Crippen molar-refractivity contribution in [1.29, 1.82) is 0 Å². The number of nitrogens with zero attached hydrogens (tertiary/aromatic N) is 1. The van der Waals surface area contributed by atoms with E-state index in [-0.39, 0.29) is 31.5 Å². The summed E-state index contributed by atoms with van der Waals surface area (Å²) < 4.78 is 18.9. The fourth-order valence-corrected chi connectivity index (χ4v) is 3.94. The minimum Gasteiger partial charge on any atom is -0.389 e. The van der Waals surface area contributed by atoms with E-state index in [1.165, 1.54) is 6.07 Å². The third-order valence-electron chi connectivity index (χ3n) is 5.70. The lowest BCUT2D eigenvalue weighted by Gasteiger charge is -2.34. The van der Waals surface area contributed by atoms with E-state index < -0.39 is 17.7 Å². The Hall–Kier alpha value is -1.99. The molecule has 0 aromatic heterocycles. The van der Waals surface area contributed by atoms with Crippen molar-refractivity contribution < 1.29 is 23.8 Å². The first-order valence-corrected chi connectivity index (χ1v) is 9.58. The van der Waals surface area contributed by atoms with Gasteiger partial charge in [0.05, 0.1) is 25.9 Å². The average Bonchev–Trinajstić information content (AvgIpc) is 2.88. The Labute approximate surface area is 158 Å². The molecule has 0 bridgehead atoms. The first-order chi connectivity index (χ1) is 12.9. The Bertz CT molecular complexity index is 688. The minimum absolute atomic E-state index is 0.0201. The number of rotatable bonds is 7. The van der Waals surface area contributed by atoms with Gasteiger partial charge in [0.25, 0.3) is 5.91 Å². The molecular formula is C20H27FN2O4. The molecule has 0 radical (unpaired) electrons. The van der Waals surface area contributed by atoms with Crippen LogP contribution < -0.4 is 5.32 Å². The van der Waals surface area contributed by atoms with Gasteiger partial charge in [0.2, 0.25) is 0 Å². The molecule has 1 aliphatic heterocycles. The highest BCUT2D eigenvalue weighted by molar-refractivity contribution is 6.07. The van der Waals surface area contributed by atoms with Crippen molar-refractivity contribution in [2.45, 2.75) is 57.3 Å². The quantitative estimate of drug-likeness (QED) is 0.715. The van der Waals surface area contributed by atoms with E-state index in [4.69, 9.17) is 4.74 Å². The molecule has 1 aliphatic carbocycles. The molecule has 27 heavy (non-hydrogen) atoms. The van der Waals surface area contributed by atoms with Crippen molar-refractivity contribution in [1.82, 2.24) is 10.2 Å². The van der Waals surface area contributed by atoms with Gasteiger partial charge < -0.3 is 15.2 Å². The van der Waals surface area contributed by atoms with Gasteiger partial charge in [-0.2, -0.15) is 0 Å². The smallest absolute Gasteiger partial charge is 0.325 e. The summed E-state index contributed by atoms with van der Waals surface area (Å²) >= 11 is 0. The van der Waals surface area contributed by atoms with Crippen LogP contribution >= 0.6 is 0 Å². The molecule has 148 valence electrons. The van der Waals surface area contributed by atoms with Crippen LogP contribution in [0.25, 0.3) is 0 Å². The second kappa shape index (κ2) is 8.35. The molecular weight excluding hydrogens is 351 g/mol. The molecule has 1 heterocycles. The Kier molecular flexibility index (Phi) is 6.11. The van der Waals surface area contributed by atoms with Crippen molar-refractivity contribution in [2.24, 2.45) is 5.92 Å². The number of carbonyl (C=O) groups is 2. The van der Waals surface area contributed by atoms with Gasteiger partial charge in [0, 0.05) is 5.56 Å². The lowest BCUT2D eigenvalue weighted by molar-refractivity contribution is -0.134. The molecule has 1 unspecified atom stereocenters. The average molecular weight is 378 g/mol. The molecule has 1 saturated heterocycles. The van der Waals surface area contributed by atoms with Crippen molar-refractivity contribution in [2.75, 3.05) is 13.2 Å². The molecule has 1 atom stereocenters. The normalized spacial score (nSPS) is 26.5. The van der Waals surface area contributed by atoms with Gasteiger partial charge in [-0.3, -0.25) is 9.69 Å². The number of halogens is 1.